The molecule has 3 saturated heterocycles. The third-order valence-corrected chi connectivity index (χ3v) is 5.14. The molecule has 0 aromatic carbocycles. The Morgan fingerprint density at radius 3 is 1.39 bits per heavy atom. The standard InChI is InChI=1S/C7H14FN.C7H15N.C6H13N.2C2H6/c1-2-4-9-5-3-7(8)6-9;1-2-5-8-6-3-4-7-8;1-2-7-5-3-4-6-7;2*1-2/h7H,2-6H2,1H3;2-7H2,1H3;2-6H2,1H3;2*1-2H3. The Morgan fingerprint density at radius 1 is 0.643 bits per heavy atom. The van der Waals surface area contributed by atoms with Gasteiger partial charge in [-0.1, -0.05) is 48.5 Å². The van der Waals surface area contributed by atoms with Gasteiger partial charge < -0.3 is 14.7 Å². The summed E-state index contributed by atoms with van der Waals surface area (Å²) < 4.78 is 12.5. The zero-order valence-electron chi connectivity index (χ0n) is 20.6. The van der Waals surface area contributed by atoms with E-state index in [-0.39, 0.29) is 0 Å². The zero-order valence-corrected chi connectivity index (χ0v) is 20.6. The summed E-state index contributed by atoms with van der Waals surface area (Å²) in [5, 5.41) is 0. The molecule has 1 unspecified atom stereocenters. The first-order chi connectivity index (χ1) is 13.7. The zero-order chi connectivity index (χ0) is 21.6. The van der Waals surface area contributed by atoms with E-state index in [1.807, 2.05) is 27.7 Å². The number of rotatable bonds is 5. The maximum atomic E-state index is 12.5. The van der Waals surface area contributed by atoms with E-state index in [4.69, 9.17) is 0 Å². The SMILES string of the molecule is CC.CC.CCCN1CCC(F)C1.CCCN1CCCC1.CCN1CCCC1. The van der Waals surface area contributed by atoms with Gasteiger partial charge in [-0.3, -0.25) is 0 Å². The van der Waals surface area contributed by atoms with Crippen LogP contribution in [0.1, 0.15) is 93.4 Å². The lowest BCUT2D eigenvalue weighted by molar-refractivity contribution is 0.288. The second-order valence-electron chi connectivity index (χ2n) is 7.38. The van der Waals surface area contributed by atoms with Crippen LogP contribution < -0.4 is 0 Å². The second kappa shape index (κ2) is 23.1. The van der Waals surface area contributed by atoms with Crippen molar-refractivity contribution in [3.63, 3.8) is 0 Å². The molecule has 0 bridgehead atoms. The van der Waals surface area contributed by atoms with Crippen LogP contribution in [0.5, 0.6) is 0 Å². The minimum absolute atomic E-state index is 0.545. The van der Waals surface area contributed by atoms with E-state index < -0.39 is 6.17 Å². The summed E-state index contributed by atoms with van der Waals surface area (Å²) in [6, 6.07) is 0. The van der Waals surface area contributed by atoms with Gasteiger partial charge in [0.2, 0.25) is 0 Å². The number of likely N-dealkylation sites (tertiary alicyclic amines) is 3. The summed E-state index contributed by atoms with van der Waals surface area (Å²) in [7, 11) is 0. The van der Waals surface area contributed by atoms with E-state index in [9.17, 15) is 4.39 Å². The minimum Gasteiger partial charge on any atom is -0.304 e. The fourth-order valence-corrected chi connectivity index (χ4v) is 3.73. The van der Waals surface area contributed by atoms with Crippen LogP contribution in [0.3, 0.4) is 0 Å². The summed E-state index contributed by atoms with van der Waals surface area (Å²) in [5.41, 5.74) is 0. The summed E-state index contributed by atoms with van der Waals surface area (Å²) in [4.78, 5) is 7.21. The predicted molar refractivity (Wildman–Crippen MR) is 126 cm³/mol. The molecule has 0 aromatic heterocycles. The number of alkyl halides is 1. The van der Waals surface area contributed by atoms with Crippen LogP contribution in [-0.2, 0) is 0 Å². The fourth-order valence-electron chi connectivity index (χ4n) is 3.73. The highest BCUT2D eigenvalue weighted by atomic mass is 19.1. The van der Waals surface area contributed by atoms with Crippen LogP contribution in [0.4, 0.5) is 4.39 Å². The molecular weight excluding hydrogens is 349 g/mol. The van der Waals surface area contributed by atoms with E-state index in [1.165, 1.54) is 71.4 Å². The lowest BCUT2D eigenvalue weighted by Crippen LogP contribution is -2.21. The van der Waals surface area contributed by atoms with E-state index in [1.54, 1.807) is 0 Å². The molecule has 0 saturated carbocycles. The average molecular weight is 404 g/mol. The van der Waals surface area contributed by atoms with Crippen molar-refractivity contribution in [2.45, 2.75) is 99.6 Å². The first kappa shape index (κ1) is 30.0. The second-order valence-corrected chi connectivity index (χ2v) is 7.38. The predicted octanol–water partition coefficient (Wildman–Crippen LogP) is 6.09. The molecule has 0 spiro atoms. The molecule has 3 aliphatic heterocycles. The van der Waals surface area contributed by atoms with E-state index in [2.05, 4.69) is 35.5 Å². The van der Waals surface area contributed by atoms with Crippen LogP contribution in [0, 0.1) is 0 Å². The van der Waals surface area contributed by atoms with Crippen molar-refractivity contribution >= 4 is 0 Å². The Morgan fingerprint density at radius 2 is 1.07 bits per heavy atom. The van der Waals surface area contributed by atoms with Crippen LogP contribution in [0.15, 0.2) is 0 Å². The lowest BCUT2D eigenvalue weighted by atomic mass is 10.3. The molecule has 0 amide bonds. The number of halogens is 1. The molecule has 3 nitrogen and oxygen atoms in total. The third kappa shape index (κ3) is 16.7. The molecule has 3 fully saturated rings. The fraction of sp³-hybridized carbons (Fsp3) is 1.00. The number of nitrogens with zero attached hydrogens (tertiary/aromatic N) is 3. The molecule has 28 heavy (non-hydrogen) atoms. The number of hydrogen-bond donors (Lipinski definition) is 0. The van der Waals surface area contributed by atoms with Crippen molar-refractivity contribution in [1.29, 1.82) is 0 Å². The van der Waals surface area contributed by atoms with Gasteiger partial charge in [0.15, 0.2) is 0 Å². The Bertz CT molecular complexity index is 275. The molecule has 0 aromatic rings. The average Bonchev–Trinajstić information content (AvgIpc) is 3.50. The van der Waals surface area contributed by atoms with Crippen LogP contribution in [-0.4, -0.2) is 79.8 Å². The molecule has 3 heterocycles. The molecule has 172 valence electrons. The first-order valence-electron chi connectivity index (χ1n) is 12.5. The molecule has 3 rings (SSSR count). The molecule has 3 aliphatic rings. The lowest BCUT2D eigenvalue weighted by Gasteiger charge is -2.11. The van der Waals surface area contributed by atoms with E-state index in [0.29, 0.717) is 6.54 Å². The van der Waals surface area contributed by atoms with Crippen molar-refractivity contribution in [3.8, 4) is 0 Å². The van der Waals surface area contributed by atoms with Crippen LogP contribution in [0.25, 0.3) is 0 Å². The Labute approximate surface area is 178 Å². The van der Waals surface area contributed by atoms with Gasteiger partial charge in [0.1, 0.15) is 6.17 Å². The minimum atomic E-state index is -0.545. The van der Waals surface area contributed by atoms with Gasteiger partial charge in [0.25, 0.3) is 0 Å². The highest BCUT2D eigenvalue weighted by Crippen LogP contribution is 2.11. The highest BCUT2D eigenvalue weighted by molar-refractivity contribution is 4.73. The van der Waals surface area contributed by atoms with Crippen molar-refractivity contribution in [1.82, 2.24) is 14.7 Å². The molecule has 1 atom stereocenters. The molecular formula is C24H54FN3. The van der Waals surface area contributed by atoms with Crippen molar-refractivity contribution in [2.75, 3.05) is 58.9 Å². The van der Waals surface area contributed by atoms with Gasteiger partial charge in [0, 0.05) is 13.1 Å². The molecule has 0 N–H and O–H groups in total. The highest BCUT2D eigenvalue weighted by Gasteiger charge is 2.20. The van der Waals surface area contributed by atoms with Gasteiger partial charge in [0.05, 0.1) is 0 Å². The van der Waals surface area contributed by atoms with Crippen LogP contribution in [0.2, 0.25) is 0 Å². The Balaban J connectivity index is 0. The van der Waals surface area contributed by atoms with E-state index in [0.717, 1.165) is 25.9 Å². The normalized spacial score (nSPS) is 22.1. The van der Waals surface area contributed by atoms with Gasteiger partial charge in [-0.2, -0.15) is 0 Å². The molecule has 4 heteroatoms. The summed E-state index contributed by atoms with van der Waals surface area (Å²) in [6.07, 6.45) is 8.38. The first-order valence-corrected chi connectivity index (χ1v) is 12.5. The molecule has 0 aliphatic carbocycles. The van der Waals surface area contributed by atoms with Gasteiger partial charge in [-0.05, 0) is 90.8 Å². The Hall–Kier alpha value is -0.190. The van der Waals surface area contributed by atoms with Gasteiger partial charge >= 0.3 is 0 Å². The maximum Gasteiger partial charge on any atom is 0.114 e. The molecule has 0 radical (unpaired) electrons. The van der Waals surface area contributed by atoms with Crippen LogP contribution >= 0.6 is 0 Å². The smallest absolute Gasteiger partial charge is 0.114 e. The largest absolute Gasteiger partial charge is 0.304 e. The third-order valence-electron chi connectivity index (χ3n) is 5.14. The van der Waals surface area contributed by atoms with Crippen molar-refractivity contribution in [2.24, 2.45) is 0 Å². The topological polar surface area (TPSA) is 9.72 Å². The maximum absolute atomic E-state index is 12.5. The summed E-state index contributed by atoms with van der Waals surface area (Å²) >= 11 is 0. The summed E-state index contributed by atoms with van der Waals surface area (Å²) in [6.45, 7) is 25.3. The monoisotopic (exact) mass is 403 g/mol. The Kier molecular flexibility index (Phi) is 24.7. The van der Waals surface area contributed by atoms with E-state index >= 15 is 0 Å². The van der Waals surface area contributed by atoms with Gasteiger partial charge in [-0.15, -0.1) is 0 Å². The number of hydrogen-bond acceptors (Lipinski definition) is 3. The quantitative estimate of drug-likeness (QED) is 0.550. The van der Waals surface area contributed by atoms with Gasteiger partial charge in [-0.25, -0.2) is 4.39 Å². The van der Waals surface area contributed by atoms with Crippen molar-refractivity contribution < 1.29 is 4.39 Å². The summed E-state index contributed by atoms with van der Waals surface area (Å²) in [5.74, 6) is 0. The van der Waals surface area contributed by atoms with Crippen molar-refractivity contribution in [3.05, 3.63) is 0 Å².